The quantitative estimate of drug-likeness (QED) is 0.379. The predicted molar refractivity (Wildman–Crippen MR) is 137 cm³/mol. The molecule has 1 aliphatic rings. The number of likely N-dealkylation sites (tertiary alicyclic amines) is 1. The van der Waals surface area contributed by atoms with Crippen molar-refractivity contribution in [2.45, 2.75) is 25.5 Å². The number of benzene rings is 2. The zero-order valence-corrected chi connectivity index (χ0v) is 20.0. The second kappa shape index (κ2) is 9.79. The topological polar surface area (TPSA) is 141 Å². The van der Waals surface area contributed by atoms with E-state index < -0.39 is 18.0 Å². The number of hydrogen-bond acceptors (Lipinski definition) is 8. The van der Waals surface area contributed by atoms with E-state index >= 15 is 0 Å². The lowest BCUT2D eigenvalue weighted by atomic mass is 9.91. The van der Waals surface area contributed by atoms with Crippen molar-refractivity contribution in [3.8, 4) is 17.2 Å². The Labute approximate surface area is 212 Å². The number of aromatic nitrogens is 3. The first-order chi connectivity index (χ1) is 17.9. The molecule has 1 saturated heterocycles. The smallest absolute Gasteiger partial charge is 0.255 e. The number of nitrogens with one attached hydrogen (secondary N) is 1. The lowest BCUT2D eigenvalue weighted by Crippen LogP contribution is -2.31. The SMILES string of the molecule is C[C@H](Nc1ncnc(N)c1C#N)c1nc2ccc(F)cc2c(C(=O)N2CC[C@H](O)C2)c1-c1ccccc1. The molecule has 5 rings (SSSR count). The number of amides is 1. The van der Waals surface area contributed by atoms with Crippen molar-refractivity contribution in [2.24, 2.45) is 0 Å². The number of fused-ring (bicyclic) bond motifs is 1. The van der Waals surface area contributed by atoms with Crippen LogP contribution in [0.3, 0.4) is 0 Å². The summed E-state index contributed by atoms with van der Waals surface area (Å²) in [7, 11) is 0. The standard InChI is InChI=1S/C27H24FN7O2/c1-15(33-26-20(12-29)25(30)31-14-32-26)24-22(16-5-3-2-4-6-16)23(27(37)35-10-9-18(36)13-35)19-11-17(28)7-8-21(19)34-24/h2-8,11,14-15,18,36H,9-10,13H2,1H3,(H3,30,31,32,33)/t15-,18-/m0/s1. The van der Waals surface area contributed by atoms with Crippen LogP contribution in [0.5, 0.6) is 0 Å². The molecular formula is C27H24FN7O2. The first kappa shape index (κ1) is 24.1. The minimum atomic E-state index is -0.610. The Hall–Kier alpha value is -4.62. The van der Waals surface area contributed by atoms with Crippen molar-refractivity contribution in [2.75, 3.05) is 24.1 Å². The molecule has 0 bridgehead atoms. The molecule has 1 fully saturated rings. The van der Waals surface area contributed by atoms with Crippen molar-refractivity contribution in [1.82, 2.24) is 19.9 Å². The van der Waals surface area contributed by atoms with Gasteiger partial charge >= 0.3 is 0 Å². The highest BCUT2D eigenvalue weighted by atomic mass is 19.1. The number of nitriles is 1. The molecule has 2 aromatic heterocycles. The molecule has 0 unspecified atom stereocenters. The van der Waals surface area contributed by atoms with Crippen LogP contribution < -0.4 is 11.1 Å². The molecule has 0 saturated carbocycles. The van der Waals surface area contributed by atoms with Gasteiger partial charge in [0, 0.05) is 24.0 Å². The Morgan fingerprint density at radius 2 is 2.05 bits per heavy atom. The number of aliphatic hydroxyl groups excluding tert-OH is 1. The van der Waals surface area contributed by atoms with Gasteiger partial charge in [0.2, 0.25) is 0 Å². The highest BCUT2D eigenvalue weighted by molar-refractivity contribution is 6.12. The number of aliphatic hydroxyl groups is 1. The molecule has 3 heterocycles. The molecule has 0 radical (unpaired) electrons. The number of nitrogen functional groups attached to an aromatic ring is 1. The molecule has 4 aromatic rings. The fraction of sp³-hybridized carbons (Fsp3) is 0.222. The molecule has 1 amide bonds. The van der Waals surface area contributed by atoms with Gasteiger partial charge < -0.3 is 21.1 Å². The van der Waals surface area contributed by atoms with Crippen LogP contribution in [0.1, 0.15) is 41.0 Å². The molecule has 2 atom stereocenters. The van der Waals surface area contributed by atoms with E-state index in [-0.39, 0.29) is 29.7 Å². The summed E-state index contributed by atoms with van der Waals surface area (Å²) in [5, 5.41) is 23.2. The fourth-order valence-corrected chi connectivity index (χ4v) is 4.66. The second-order valence-corrected chi connectivity index (χ2v) is 8.93. The van der Waals surface area contributed by atoms with E-state index in [4.69, 9.17) is 10.7 Å². The first-order valence-corrected chi connectivity index (χ1v) is 11.8. The monoisotopic (exact) mass is 497 g/mol. The van der Waals surface area contributed by atoms with E-state index in [1.807, 2.05) is 43.3 Å². The molecule has 186 valence electrons. The van der Waals surface area contributed by atoms with Crippen LogP contribution in [0.15, 0.2) is 54.9 Å². The van der Waals surface area contributed by atoms with Gasteiger partial charge in [-0.3, -0.25) is 4.79 Å². The van der Waals surface area contributed by atoms with Gasteiger partial charge in [-0.15, -0.1) is 0 Å². The molecule has 1 aliphatic heterocycles. The van der Waals surface area contributed by atoms with Gasteiger partial charge in [-0.05, 0) is 37.1 Å². The molecule has 9 nitrogen and oxygen atoms in total. The number of carbonyl (C=O) groups is 1. The average molecular weight is 498 g/mol. The third-order valence-electron chi connectivity index (χ3n) is 6.45. The van der Waals surface area contributed by atoms with Crippen molar-refractivity contribution in [1.29, 1.82) is 5.26 Å². The average Bonchev–Trinajstić information content (AvgIpc) is 3.34. The maximum atomic E-state index is 14.5. The summed E-state index contributed by atoms with van der Waals surface area (Å²) in [5.41, 5.74) is 8.47. The van der Waals surface area contributed by atoms with Crippen LogP contribution >= 0.6 is 0 Å². The van der Waals surface area contributed by atoms with Gasteiger partial charge in [-0.2, -0.15) is 5.26 Å². The van der Waals surface area contributed by atoms with Gasteiger partial charge in [-0.1, -0.05) is 30.3 Å². The molecule has 37 heavy (non-hydrogen) atoms. The van der Waals surface area contributed by atoms with E-state index in [0.717, 1.165) is 5.56 Å². The number of rotatable bonds is 5. The fourth-order valence-electron chi connectivity index (χ4n) is 4.66. The Bertz CT molecular complexity index is 1540. The summed E-state index contributed by atoms with van der Waals surface area (Å²) < 4.78 is 14.5. The van der Waals surface area contributed by atoms with E-state index in [1.54, 1.807) is 4.90 Å². The maximum absolute atomic E-state index is 14.5. The van der Waals surface area contributed by atoms with Crippen LogP contribution in [0.4, 0.5) is 16.0 Å². The van der Waals surface area contributed by atoms with Crippen LogP contribution in [-0.4, -0.2) is 50.1 Å². The summed E-state index contributed by atoms with van der Waals surface area (Å²) in [5.74, 6) is -0.525. The van der Waals surface area contributed by atoms with E-state index in [0.29, 0.717) is 40.7 Å². The highest BCUT2D eigenvalue weighted by Crippen LogP contribution is 2.38. The number of halogens is 1. The predicted octanol–water partition coefficient (Wildman–Crippen LogP) is 3.66. The van der Waals surface area contributed by atoms with Crippen LogP contribution in [-0.2, 0) is 0 Å². The maximum Gasteiger partial charge on any atom is 0.255 e. The molecule has 4 N–H and O–H groups in total. The number of nitrogens with two attached hydrogens (primary N) is 1. The van der Waals surface area contributed by atoms with Gasteiger partial charge in [0.1, 0.15) is 35.4 Å². The van der Waals surface area contributed by atoms with Crippen molar-refractivity contribution in [3.05, 3.63) is 77.5 Å². The van der Waals surface area contributed by atoms with E-state index in [2.05, 4.69) is 15.3 Å². The Balaban J connectivity index is 1.75. The van der Waals surface area contributed by atoms with Crippen molar-refractivity contribution in [3.63, 3.8) is 0 Å². The number of nitrogens with zero attached hydrogens (tertiary/aromatic N) is 5. The zero-order valence-electron chi connectivity index (χ0n) is 20.0. The number of anilines is 2. The third kappa shape index (κ3) is 4.52. The number of hydrogen-bond donors (Lipinski definition) is 3. The Morgan fingerprint density at radius 3 is 2.76 bits per heavy atom. The largest absolute Gasteiger partial charge is 0.391 e. The molecule has 0 spiro atoms. The van der Waals surface area contributed by atoms with Crippen molar-refractivity contribution < 1.29 is 14.3 Å². The minimum absolute atomic E-state index is 0.0425. The van der Waals surface area contributed by atoms with Gasteiger partial charge in [0.25, 0.3) is 5.91 Å². The number of carbonyl (C=O) groups excluding carboxylic acids is 1. The summed E-state index contributed by atoms with van der Waals surface area (Å²) in [4.78, 5) is 28.4. The Morgan fingerprint density at radius 1 is 1.27 bits per heavy atom. The number of pyridine rings is 1. The highest BCUT2D eigenvalue weighted by Gasteiger charge is 2.31. The van der Waals surface area contributed by atoms with Crippen LogP contribution in [0.2, 0.25) is 0 Å². The molecule has 2 aromatic carbocycles. The zero-order chi connectivity index (χ0) is 26.1. The lowest BCUT2D eigenvalue weighted by Gasteiger charge is -2.24. The van der Waals surface area contributed by atoms with E-state index in [9.17, 15) is 19.6 Å². The molecular weight excluding hydrogens is 473 g/mol. The van der Waals surface area contributed by atoms with Gasteiger partial charge in [-0.25, -0.2) is 19.3 Å². The summed E-state index contributed by atoms with van der Waals surface area (Å²) in [6, 6.07) is 14.9. The summed E-state index contributed by atoms with van der Waals surface area (Å²) >= 11 is 0. The molecule has 10 heteroatoms. The van der Waals surface area contributed by atoms with Crippen molar-refractivity contribution >= 4 is 28.4 Å². The van der Waals surface area contributed by atoms with Crippen LogP contribution in [0.25, 0.3) is 22.0 Å². The first-order valence-electron chi connectivity index (χ1n) is 11.8. The van der Waals surface area contributed by atoms with Gasteiger partial charge in [0.05, 0.1) is 28.9 Å². The second-order valence-electron chi connectivity index (χ2n) is 8.93. The van der Waals surface area contributed by atoms with E-state index in [1.165, 1.54) is 24.5 Å². The van der Waals surface area contributed by atoms with Gasteiger partial charge in [0.15, 0.2) is 0 Å². The lowest BCUT2D eigenvalue weighted by molar-refractivity contribution is 0.0767. The summed E-state index contributed by atoms with van der Waals surface area (Å²) in [6.07, 6.45) is 1.12. The molecule has 0 aliphatic carbocycles. The van der Waals surface area contributed by atoms with Crippen LogP contribution in [0, 0.1) is 17.1 Å². The minimum Gasteiger partial charge on any atom is -0.391 e. The third-order valence-corrected chi connectivity index (χ3v) is 6.45. The normalized spacial score (nSPS) is 15.9. The Kier molecular flexibility index (Phi) is 6.38. The summed E-state index contributed by atoms with van der Waals surface area (Å²) in [6.45, 7) is 2.42. The number of β-amino-alcohol motifs (C(OH)–C–C–N with tert-alkyl or cyclic N) is 1.